The van der Waals surface area contributed by atoms with Gasteiger partial charge < -0.3 is 4.90 Å². The van der Waals surface area contributed by atoms with Gasteiger partial charge in [-0.15, -0.1) is 0 Å². The van der Waals surface area contributed by atoms with E-state index in [2.05, 4.69) is 15.3 Å². The standard InChI is InChI=1S/C51H38N4/c1-6-18-35(19-7-1)45-34-46(36-20-8-2-9-21-36)54-51(53-45)39-30-31-44-43(32-39)48-42-29-17-16-24-38(42)33-47(49(48)50(52-44)37-22-10-3-11-23-37)55(40-25-12-4-13-26-40)41-27-14-5-15-28-41/h1-34,44,49-50,52H/i1D,2D,3D,4D,5D,6D,7D,8D,10D,12D,13D,14D,15D,16D,17D,18D,20D,22D,25D,26D,27D,28D,29D,30D,31D,32D. The lowest BCUT2D eigenvalue weighted by Crippen LogP contribution is -2.46. The van der Waals surface area contributed by atoms with Crippen molar-refractivity contribution in [1.29, 1.82) is 0 Å². The molecule has 0 fully saturated rings. The summed E-state index contributed by atoms with van der Waals surface area (Å²) in [7, 11) is 0. The molecule has 1 N–H and O–H groups in total. The first-order chi connectivity index (χ1) is 38.0. The fraction of sp³-hybridized carbons (Fsp3) is 0.0588. The van der Waals surface area contributed by atoms with E-state index in [1.165, 1.54) is 36.4 Å². The number of hydrogen-bond donors (Lipinski definition) is 1. The fourth-order valence-electron chi connectivity index (χ4n) is 6.85. The van der Waals surface area contributed by atoms with Crippen molar-refractivity contribution in [3.8, 4) is 22.5 Å². The highest BCUT2D eigenvalue weighted by molar-refractivity contribution is 5.93. The minimum absolute atomic E-state index is 0.100. The van der Waals surface area contributed by atoms with E-state index in [4.69, 9.17) is 23.3 Å². The zero-order valence-corrected chi connectivity index (χ0v) is 28.2. The monoisotopic (exact) mass is 732 g/mol. The molecule has 3 aliphatic rings. The molecule has 3 unspecified atom stereocenters. The van der Waals surface area contributed by atoms with E-state index in [0.717, 1.165) is 17.0 Å². The topological polar surface area (TPSA) is 41.1 Å². The number of hydrogen-bond acceptors (Lipinski definition) is 4. The second kappa shape index (κ2) is 14.2. The maximum atomic E-state index is 10.3. The molecule has 0 amide bonds. The Kier molecular flexibility index (Phi) is 3.98. The number of nitrogens with one attached hydrogen (secondary N) is 1. The summed E-state index contributed by atoms with van der Waals surface area (Å²) in [5.74, 6) is -2.31. The van der Waals surface area contributed by atoms with Crippen LogP contribution in [-0.2, 0) is 0 Å². The highest BCUT2D eigenvalue weighted by atomic mass is 15.2. The van der Waals surface area contributed by atoms with Gasteiger partial charge in [0, 0.05) is 45.7 Å². The van der Waals surface area contributed by atoms with E-state index >= 15 is 0 Å². The number of para-hydroxylation sites is 2. The third-order valence-electron chi connectivity index (χ3n) is 9.13. The van der Waals surface area contributed by atoms with Crippen LogP contribution < -0.4 is 10.2 Å². The molecule has 0 saturated carbocycles. The summed E-state index contributed by atoms with van der Waals surface area (Å²) >= 11 is 0. The molecule has 262 valence electrons. The Morgan fingerprint density at radius 3 is 2.04 bits per heavy atom. The molecule has 3 atom stereocenters. The molecule has 1 aliphatic heterocycles. The number of benzene rings is 6. The zero-order valence-electron chi connectivity index (χ0n) is 54.2. The molecule has 0 bridgehead atoms. The first-order valence-electron chi connectivity index (χ1n) is 29.8. The highest BCUT2D eigenvalue weighted by Gasteiger charge is 2.43. The number of fused-ring (bicyclic) bond motifs is 4. The van der Waals surface area contributed by atoms with Crippen LogP contribution in [0.2, 0.25) is 0 Å². The van der Waals surface area contributed by atoms with E-state index in [-0.39, 0.29) is 62.1 Å². The predicted molar refractivity (Wildman–Crippen MR) is 226 cm³/mol. The third kappa shape index (κ3) is 6.13. The largest absolute Gasteiger partial charge is 0.314 e. The minimum Gasteiger partial charge on any atom is -0.314 e. The highest BCUT2D eigenvalue weighted by Crippen LogP contribution is 2.53. The Morgan fingerprint density at radius 1 is 0.618 bits per heavy atom. The second-order valence-electron chi connectivity index (χ2n) is 12.2. The summed E-state index contributed by atoms with van der Waals surface area (Å²) in [5, 5.41) is 3.21. The van der Waals surface area contributed by atoms with Gasteiger partial charge in [0.05, 0.1) is 53.1 Å². The lowest BCUT2D eigenvalue weighted by Gasteiger charge is -2.47. The Bertz CT molecular complexity index is 4020. The summed E-state index contributed by atoms with van der Waals surface area (Å²) in [6.45, 7) is 0. The van der Waals surface area contributed by atoms with Gasteiger partial charge in [0.25, 0.3) is 0 Å². The van der Waals surface area contributed by atoms with Crippen LogP contribution in [0.3, 0.4) is 0 Å². The van der Waals surface area contributed by atoms with Gasteiger partial charge in [-0.05, 0) is 70.2 Å². The first kappa shape index (κ1) is 15.5. The Morgan fingerprint density at radius 2 is 1.25 bits per heavy atom. The fourth-order valence-corrected chi connectivity index (χ4v) is 6.85. The van der Waals surface area contributed by atoms with E-state index in [9.17, 15) is 12.3 Å². The SMILES string of the molecule is [2H]C1=C(c2nc(-c3ccc([2H])c([2H])c3[2H])cc(-c3cc([2H])c([2H])c([2H])c3[2H])n2)C([2H])=C([2H])C2NC(c3ccc([2H])c([2H])c3[2H])C3C(N(c4c([2H])c([2H])c([2H])c([2H])c4[2H])c4c([2H])c([2H])c([2H])c([2H])c4[2H])=Cc4cc([2H])c([2H])c([2H])c4C3=C12. The van der Waals surface area contributed by atoms with Crippen molar-refractivity contribution in [3.05, 3.63) is 233 Å². The van der Waals surface area contributed by atoms with Crippen LogP contribution in [-0.4, -0.2) is 16.0 Å². The molecule has 0 radical (unpaired) electrons. The average Bonchev–Trinajstić information content (AvgIpc) is 3.28. The maximum absolute atomic E-state index is 10.3. The van der Waals surface area contributed by atoms with Gasteiger partial charge in [-0.25, -0.2) is 9.97 Å². The summed E-state index contributed by atoms with van der Waals surface area (Å²) in [5.41, 5.74) is -4.39. The Hall–Kier alpha value is -6.88. The Balaban J connectivity index is 1.40. The first-order valence-corrected chi connectivity index (χ1v) is 16.8. The molecule has 55 heavy (non-hydrogen) atoms. The third-order valence-corrected chi connectivity index (χ3v) is 9.13. The van der Waals surface area contributed by atoms with Crippen molar-refractivity contribution in [1.82, 2.24) is 15.3 Å². The van der Waals surface area contributed by atoms with Crippen molar-refractivity contribution >= 4 is 28.6 Å². The lowest BCUT2D eigenvalue weighted by molar-refractivity contribution is 0.430. The summed E-state index contributed by atoms with van der Waals surface area (Å²) in [4.78, 5) is 10.1. The molecule has 0 spiro atoms. The van der Waals surface area contributed by atoms with Crippen molar-refractivity contribution in [2.24, 2.45) is 5.92 Å². The smallest absolute Gasteiger partial charge is 0.160 e. The second-order valence-corrected chi connectivity index (χ2v) is 12.2. The molecule has 6 aromatic carbocycles. The number of allylic oxidation sites excluding steroid dienone is 2. The van der Waals surface area contributed by atoms with Crippen LogP contribution in [0.5, 0.6) is 0 Å². The molecule has 4 nitrogen and oxygen atoms in total. The van der Waals surface area contributed by atoms with E-state index in [1.807, 2.05) is 0 Å². The molecule has 1 aromatic heterocycles. The molecule has 10 rings (SSSR count). The molecular formula is C51H38N4. The van der Waals surface area contributed by atoms with E-state index < -0.39 is 192 Å². The summed E-state index contributed by atoms with van der Waals surface area (Å²) in [6, 6.07) is -13.6. The van der Waals surface area contributed by atoms with Gasteiger partial charge in [0.1, 0.15) is 0 Å². The normalized spacial score (nSPS) is 25.5. The number of aromatic nitrogens is 2. The summed E-state index contributed by atoms with van der Waals surface area (Å²) < 4.78 is 233. The molecular weight excluding hydrogens is 669 g/mol. The van der Waals surface area contributed by atoms with Gasteiger partial charge in [-0.2, -0.15) is 0 Å². The quantitative estimate of drug-likeness (QED) is 0.177. The lowest BCUT2D eigenvalue weighted by atomic mass is 9.69. The van der Waals surface area contributed by atoms with Gasteiger partial charge in [0.15, 0.2) is 5.82 Å². The summed E-state index contributed by atoms with van der Waals surface area (Å²) in [6.07, 6.45) is 1.23. The molecule has 0 saturated heterocycles. The van der Waals surface area contributed by atoms with E-state index in [1.54, 1.807) is 0 Å². The van der Waals surface area contributed by atoms with Crippen LogP contribution in [0.25, 0.3) is 39.7 Å². The van der Waals surface area contributed by atoms with Crippen molar-refractivity contribution in [3.63, 3.8) is 0 Å². The number of anilines is 2. The predicted octanol–water partition coefficient (Wildman–Crippen LogP) is 11.7. The van der Waals surface area contributed by atoms with Crippen LogP contribution in [0.4, 0.5) is 11.4 Å². The molecule has 7 aromatic rings. The Labute approximate surface area is 358 Å². The van der Waals surface area contributed by atoms with Crippen LogP contribution in [0.15, 0.2) is 211 Å². The van der Waals surface area contributed by atoms with Crippen LogP contribution >= 0.6 is 0 Å². The van der Waals surface area contributed by atoms with Crippen molar-refractivity contribution < 1.29 is 35.6 Å². The van der Waals surface area contributed by atoms with Crippen LogP contribution in [0, 0.1) is 5.92 Å². The maximum Gasteiger partial charge on any atom is 0.160 e. The number of nitrogens with zero attached hydrogens (tertiary/aromatic N) is 3. The molecule has 4 heteroatoms. The van der Waals surface area contributed by atoms with E-state index in [0.29, 0.717) is 0 Å². The minimum atomic E-state index is -1.74. The van der Waals surface area contributed by atoms with Gasteiger partial charge in [0.2, 0.25) is 0 Å². The average molecular weight is 733 g/mol. The number of rotatable bonds is 7. The zero-order chi connectivity index (χ0) is 59.2. The molecule has 2 heterocycles. The van der Waals surface area contributed by atoms with Gasteiger partial charge in [-0.1, -0.05) is 163 Å². The van der Waals surface area contributed by atoms with Gasteiger partial charge >= 0.3 is 0 Å². The van der Waals surface area contributed by atoms with Gasteiger partial charge in [-0.3, -0.25) is 5.32 Å². The van der Waals surface area contributed by atoms with Crippen LogP contribution in [0.1, 0.15) is 64.2 Å². The molecule has 2 aliphatic carbocycles. The van der Waals surface area contributed by atoms with Crippen molar-refractivity contribution in [2.45, 2.75) is 12.1 Å². The van der Waals surface area contributed by atoms with Crippen molar-refractivity contribution in [2.75, 3.05) is 4.90 Å².